The Labute approximate surface area is 80.0 Å². The molecule has 0 radical (unpaired) electrons. The van der Waals surface area contributed by atoms with Gasteiger partial charge in [0.2, 0.25) is 5.91 Å². The molecule has 13 heavy (non-hydrogen) atoms. The number of amides is 1. The Bertz CT molecular complexity index is 138. The Kier molecular flexibility index (Phi) is 7.63. The van der Waals surface area contributed by atoms with Crippen LogP contribution < -0.4 is 10.8 Å². The van der Waals surface area contributed by atoms with Crippen molar-refractivity contribution in [2.45, 2.75) is 27.2 Å². The SMILES string of the molecule is CCONCC(=O)NCCC(C)C. The molecule has 0 unspecified atom stereocenters. The molecule has 0 spiro atoms. The molecule has 4 nitrogen and oxygen atoms in total. The van der Waals surface area contributed by atoms with E-state index in [1.165, 1.54) is 0 Å². The van der Waals surface area contributed by atoms with Gasteiger partial charge in [-0.15, -0.1) is 0 Å². The van der Waals surface area contributed by atoms with Gasteiger partial charge in [0.1, 0.15) is 0 Å². The van der Waals surface area contributed by atoms with Crippen LogP contribution in [0.5, 0.6) is 0 Å². The average Bonchev–Trinajstić information content (AvgIpc) is 2.04. The number of carbonyl (C=O) groups excluding carboxylic acids is 1. The molecule has 0 aromatic rings. The lowest BCUT2D eigenvalue weighted by atomic mass is 10.1. The van der Waals surface area contributed by atoms with Gasteiger partial charge in [-0.2, -0.15) is 5.48 Å². The second-order valence-electron chi connectivity index (χ2n) is 3.29. The molecule has 0 fully saturated rings. The zero-order valence-corrected chi connectivity index (χ0v) is 8.72. The molecule has 0 aromatic heterocycles. The van der Waals surface area contributed by atoms with E-state index in [0.717, 1.165) is 13.0 Å². The maximum atomic E-state index is 11.0. The summed E-state index contributed by atoms with van der Waals surface area (Å²) in [6.45, 7) is 7.66. The summed E-state index contributed by atoms with van der Waals surface area (Å²) >= 11 is 0. The normalized spacial score (nSPS) is 10.5. The van der Waals surface area contributed by atoms with Crippen molar-refractivity contribution in [2.24, 2.45) is 5.92 Å². The molecule has 0 saturated heterocycles. The molecule has 0 aliphatic carbocycles. The van der Waals surface area contributed by atoms with Crippen LogP contribution in [0.3, 0.4) is 0 Å². The topological polar surface area (TPSA) is 50.4 Å². The van der Waals surface area contributed by atoms with Crippen LogP contribution in [-0.2, 0) is 9.63 Å². The van der Waals surface area contributed by atoms with Crippen LogP contribution in [-0.4, -0.2) is 25.6 Å². The van der Waals surface area contributed by atoms with Gasteiger partial charge >= 0.3 is 0 Å². The van der Waals surface area contributed by atoms with Crippen molar-refractivity contribution in [3.8, 4) is 0 Å². The monoisotopic (exact) mass is 188 g/mol. The van der Waals surface area contributed by atoms with Gasteiger partial charge in [0.15, 0.2) is 0 Å². The van der Waals surface area contributed by atoms with E-state index in [1.54, 1.807) is 0 Å². The lowest BCUT2D eigenvalue weighted by molar-refractivity contribution is -0.122. The molecule has 1 amide bonds. The molecular weight excluding hydrogens is 168 g/mol. The number of hydrogen-bond acceptors (Lipinski definition) is 3. The maximum Gasteiger partial charge on any atom is 0.236 e. The van der Waals surface area contributed by atoms with Gasteiger partial charge in [0, 0.05) is 6.54 Å². The third-order valence-corrected chi connectivity index (χ3v) is 1.52. The molecule has 0 saturated carbocycles. The lowest BCUT2D eigenvalue weighted by Gasteiger charge is -2.07. The molecular formula is C9H20N2O2. The zero-order chi connectivity index (χ0) is 10.1. The number of rotatable bonds is 7. The fourth-order valence-corrected chi connectivity index (χ4v) is 0.781. The van der Waals surface area contributed by atoms with Crippen molar-refractivity contribution in [3.05, 3.63) is 0 Å². The fraction of sp³-hybridized carbons (Fsp3) is 0.889. The van der Waals surface area contributed by atoms with Crippen LogP contribution in [0.1, 0.15) is 27.2 Å². The Balaban J connectivity index is 3.20. The van der Waals surface area contributed by atoms with Gasteiger partial charge < -0.3 is 10.2 Å². The smallest absolute Gasteiger partial charge is 0.236 e. The van der Waals surface area contributed by atoms with Crippen LogP contribution in [0, 0.1) is 5.92 Å². The molecule has 0 atom stereocenters. The summed E-state index contributed by atoms with van der Waals surface area (Å²) in [5, 5.41) is 2.79. The Morgan fingerprint density at radius 2 is 2.15 bits per heavy atom. The summed E-state index contributed by atoms with van der Waals surface area (Å²) in [5.74, 6) is 0.606. The third kappa shape index (κ3) is 9.30. The minimum Gasteiger partial charge on any atom is -0.355 e. The zero-order valence-electron chi connectivity index (χ0n) is 8.72. The van der Waals surface area contributed by atoms with E-state index >= 15 is 0 Å². The van der Waals surface area contributed by atoms with Gasteiger partial charge in [-0.3, -0.25) is 4.79 Å². The maximum absolute atomic E-state index is 11.0. The second-order valence-corrected chi connectivity index (χ2v) is 3.29. The first-order valence-electron chi connectivity index (χ1n) is 4.78. The quantitative estimate of drug-likeness (QED) is 0.456. The highest BCUT2D eigenvalue weighted by Gasteiger charge is 1.99. The summed E-state index contributed by atoms with van der Waals surface area (Å²) in [4.78, 5) is 15.9. The van der Waals surface area contributed by atoms with E-state index in [4.69, 9.17) is 4.84 Å². The highest BCUT2D eigenvalue weighted by Crippen LogP contribution is 1.95. The molecule has 2 N–H and O–H groups in total. The van der Waals surface area contributed by atoms with Crippen molar-refractivity contribution in [3.63, 3.8) is 0 Å². The molecule has 0 rings (SSSR count). The predicted octanol–water partition coefficient (Wildman–Crippen LogP) is 0.690. The first kappa shape index (κ1) is 12.4. The van der Waals surface area contributed by atoms with Crippen LogP contribution in [0.2, 0.25) is 0 Å². The van der Waals surface area contributed by atoms with Crippen LogP contribution in [0.4, 0.5) is 0 Å². The minimum atomic E-state index is -0.0194. The van der Waals surface area contributed by atoms with Crippen molar-refractivity contribution in [1.29, 1.82) is 0 Å². The highest BCUT2D eigenvalue weighted by molar-refractivity contribution is 5.77. The second kappa shape index (κ2) is 8.01. The largest absolute Gasteiger partial charge is 0.355 e. The van der Waals surface area contributed by atoms with Gasteiger partial charge in [-0.05, 0) is 19.3 Å². The fourth-order valence-electron chi connectivity index (χ4n) is 0.781. The number of carbonyl (C=O) groups is 1. The average molecular weight is 188 g/mol. The van der Waals surface area contributed by atoms with Crippen LogP contribution in [0.25, 0.3) is 0 Å². The van der Waals surface area contributed by atoms with E-state index in [-0.39, 0.29) is 12.5 Å². The van der Waals surface area contributed by atoms with E-state index in [2.05, 4.69) is 24.6 Å². The Morgan fingerprint density at radius 3 is 2.69 bits per heavy atom. The van der Waals surface area contributed by atoms with Crippen molar-refractivity contribution in [2.75, 3.05) is 19.7 Å². The van der Waals surface area contributed by atoms with Gasteiger partial charge in [0.25, 0.3) is 0 Å². The van der Waals surface area contributed by atoms with Gasteiger partial charge in [-0.25, -0.2) is 0 Å². The summed E-state index contributed by atoms with van der Waals surface area (Å²) in [6.07, 6.45) is 1.01. The highest BCUT2D eigenvalue weighted by atomic mass is 16.6. The predicted molar refractivity (Wildman–Crippen MR) is 52.1 cm³/mol. The van der Waals surface area contributed by atoms with E-state index in [0.29, 0.717) is 12.5 Å². The molecule has 0 aliphatic rings. The number of hydrogen-bond donors (Lipinski definition) is 2. The number of hydroxylamine groups is 1. The minimum absolute atomic E-state index is 0.0194. The van der Waals surface area contributed by atoms with E-state index in [1.807, 2.05) is 6.92 Å². The molecule has 78 valence electrons. The lowest BCUT2D eigenvalue weighted by Crippen LogP contribution is -2.34. The number of nitrogens with one attached hydrogen (secondary N) is 2. The molecule has 0 heterocycles. The summed E-state index contributed by atoms with van der Waals surface area (Å²) in [7, 11) is 0. The molecule has 0 bridgehead atoms. The molecule has 4 heteroatoms. The van der Waals surface area contributed by atoms with Crippen molar-refractivity contribution in [1.82, 2.24) is 10.8 Å². The Morgan fingerprint density at radius 1 is 1.46 bits per heavy atom. The first-order chi connectivity index (χ1) is 6.16. The molecule has 0 aromatic carbocycles. The summed E-state index contributed by atoms with van der Waals surface area (Å²) < 4.78 is 0. The van der Waals surface area contributed by atoms with Crippen molar-refractivity contribution < 1.29 is 9.63 Å². The standard InChI is InChI=1S/C9H20N2O2/c1-4-13-11-7-9(12)10-6-5-8(2)3/h8,11H,4-7H2,1-3H3,(H,10,12). The summed E-state index contributed by atoms with van der Waals surface area (Å²) in [5.41, 5.74) is 2.56. The first-order valence-corrected chi connectivity index (χ1v) is 4.78. The van der Waals surface area contributed by atoms with Crippen LogP contribution >= 0.6 is 0 Å². The third-order valence-electron chi connectivity index (χ3n) is 1.52. The van der Waals surface area contributed by atoms with E-state index in [9.17, 15) is 4.79 Å². The summed E-state index contributed by atoms with van der Waals surface area (Å²) in [6, 6.07) is 0. The Hall–Kier alpha value is -0.610. The van der Waals surface area contributed by atoms with Gasteiger partial charge in [0.05, 0.1) is 13.2 Å². The van der Waals surface area contributed by atoms with Crippen molar-refractivity contribution >= 4 is 5.91 Å². The van der Waals surface area contributed by atoms with Crippen LogP contribution in [0.15, 0.2) is 0 Å². The van der Waals surface area contributed by atoms with E-state index < -0.39 is 0 Å². The van der Waals surface area contributed by atoms with Gasteiger partial charge in [-0.1, -0.05) is 13.8 Å². The molecule has 0 aliphatic heterocycles.